The number of hydrogen-bond donors (Lipinski definition) is 4. The minimum atomic E-state index is -1.23. The molecule has 0 aliphatic rings. The average Bonchev–Trinajstić information content (AvgIpc) is 1.88. The van der Waals surface area contributed by atoms with Crippen molar-refractivity contribution >= 4 is 11.9 Å². The van der Waals surface area contributed by atoms with Gasteiger partial charge in [0.2, 0.25) is 0 Å². The van der Waals surface area contributed by atoms with Crippen LogP contribution in [0, 0.1) is 0 Å². The third kappa shape index (κ3) is 31.9. The molecule has 0 aliphatic heterocycles. The van der Waals surface area contributed by atoms with Crippen LogP contribution in [0.15, 0.2) is 0 Å². The van der Waals surface area contributed by atoms with Crippen molar-refractivity contribution in [2.75, 3.05) is 0 Å². The van der Waals surface area contributed by atoms with Crippen LogP contribution in [0.4, 0.5) is 0 Å². The van der Waals surface area contributed by atoms with E-state index in [1.807, 2.05) is 0 Å². The van der Waals surface area contributed by atoms with Gasteiger partial charge in [-0.3, -0.25) is 0 Å². The third-order valence-electron chi connectivity index (χ3n) is 0.715. The van der Waals surface area contributed by atoms with E-state index in [4.69, 9.17) is 20.4 Å². The topological polar surface area (TPSA) is 181 Å². The van der Waals surface area contributed by atoms with Gasteiger partial charge in [-0.1, -0.05) is 0 Å². The standard InChI is InChI=1S/2C3H6O3.Mn.2H2O/c2*1-2(4)3(5)6;;;/h2*2,4H,1H3,(H,5,6);;2*1H2/p+2. The molecule has 0 amide bonds. The summed E-state index contributed by atoms with van der Waals surface area (Å²) in [5.41, 5.74) is 0. The second kappa shape index (κ2) is 15.8. The molecule has 8 nitrogen and oxygen atoms in total. The summed E-state index contributed by atoms with van der Waals surface area (Å²) >= 11 is 0. The summed E-state index contributed by atoms with van der Waals surface area (Å²) in [6.07, 6.45) is -2.46. The van der Waals surface area contributed by atoms with Gasteiger partial charge in [0.05, 0.1) is 0 Å². The largest absolute Gasteiger partial charge is 0.479 e. The van der Waals surface area contributed by atoms with Crippen LogP contribution < -0.4 is 0 Å². The fraction of sp³-hybridized carbons (Fsp3) is 0.667. The zero-order valence-electron chi connectivity index (χ0n) is 8.29. The van der Waals surface area contributed by atoms with Crippen LogP contribution in [0.1, 0.15) is 13.8 Å². The zero-order valence-corrected chi connectivity index (χ0v) is 9.47. The number of hydrogen-bond acceptors (Lipinski definition) is 4. The number of aliphatic carboxylic acids is 2. The molecule has 1 radical (unpaired) electrons. The van der Waals surface area contributed by atoms with Gasteiger partial charge >= 0.3 is 11.9 Å². The SMILES string of the molecule is CC(O)C(=O)O.CC(O)C(=O)O.[Mn].[OH3+].[OH3+]. The van der Waals surface area contributed by atoms with Gasteiger partial charge in [0.15, 0.2) is 0 Å². The number of carbonyl (C=O) groups is 2. The molecule has 0 saturated carbocycles. The summed E-state index contributed by atoms with van der Waals surface area (Å²) < 4.78 is 0. The second-order valence-electron chi connectivity index (χ2n) is 2.03. The maximum Gasteiger partial charge on any atom is 0.332 e. The van der Waals surface area contributed by atoms with Gasteiger partial charge in [0.1, 0.15) is 12.2 Å². The summed E-state index contributed by atoms with van der Waals surface area (Å²) in [5, 5.41) is 31.5. The summed E-state index contributed by atoms with van der Waals surface area (Å²) in [6.45, 7) is 2.39. The smallest absolute Gasteiger partial charge is 0.332 e. The van der Waals surface area contributed by atoms with E-state index in [-0.39, 0.29) is 28.0 Å². The third-order valence-corrected chi connectivity index (χ3v) is 0.715. The predicted octanol–water partition coefficient (Wildman–Crippen LogP) is -2.94. The maximum absolute atomic E-state index is 9.45. The van der Waals surface area contributed by atoms with Gasteiger partial charge in [0, 0.05) is 17.1 Å². The molecule has 9 heteroatoms. The van der Waals surface area contributed by atoms with Crippen molar-refractivity contribution in [1.82, 2.24) is 0 Å². The van der Waals surface area contributed by atoms with Crippen molar-refractivity contribution in [3.05, 3.63) is 0 Å². The van der Waals surface area contributed by atoms with Crippen LogP contribution in [0.25, 0.3) is 0 Å². The summed E-state index contributed by atoms with van der Waals surface area (Å²) in [6, 6.07) is 0. The Hall–Kier alpha value is -0.701. The molecule has 0 bridgehead atoms. The summed E-state index contributed by atoms with van der Waals surface area (Å²) in [4.78, 5) is 18.9. The first-order valence-corrected chi connectivity index (χ1v) is 3.10. The molecule has 0 aliphatic carbocycles. The molecule has 0 spiro atoms. The summed E-state index contributed by atoms with van der Waals surface area (Å²) in [5.74, 6) is -2.37. The molecule has 0 aromatic heterocycles. The average molecular weight is 273 g/mol. The molecule has 0 rings (SSSR count). The Morgan fingerprint density at radius 1 is 0.867 bits per heavy atom. The van der Waals surface area contributed by atoms with E-state index in [0.29, 0.717) is 0 Å². The molecule has 0 heterocycles. The molecule has 10 N–H and O–H groups in total. The number of aliphatic hydroxyl groups is 2. The summed E-state index contributed by atoms with van der Waals surface area (Å²) in [7, 11) is 0. The first kappa shape index (κ1) is 29.2. The van der Waals surface area contributed by atoms with E-state index in [9.17, 15) is 9.59 Å². The van der Waals surface area contributed by atoms with E-state index < -0.39 is 24.1 Å². The van der Waals surface area contributed by atoms with Crippen molar-refractivity contribution in [1.29, 1.82) is 0 Å². The fourth-order valence-electron chi connectivity index (χ4n) is 0. The quantitative estimate of drug-likeness (QED) is 0.308. The van der Waals surface area contributed by atoms with E-state index in [2.05, 4.69) is 0 Å². The normalized spacial score (nSPS) is 10.9. The molecule has 0 aromatic carbocycles. The second-order valence-corrected chi connectivity index (χ2v) is 2.03. The van der Waals surface area contributed by atoms with Gasteiger partial charge in [-0.15, -0.1) is 0 Å². The number of carboxylic acids is 2. The van der Waals surface area contributed by atoms with Crippen LogP contribution in [0.5, 0.6) is 0 Å². The van der Waals surface area contributed by atoms with Crippen LogP contribution in [-0.4, -0.2) is 44.6 Å². The molecule has 0 aromatic rings. The number of carboxylic acid groups (broad SMARTS) is 2. The molecule has 2 unspecified atom stereocenters. The molecule has 15 heavy (non-hydrogen) atoms. The molecule has 0 fully saturated rings. The predicted molar refractivity (Wildman–Crippen MR) is 48.4 cm³/mol. The Bertz CT molecular complexity index is 139. The molecular formula is C6H18MnO8+2. The Morgan fingerprint density at radius 3 is 0.933 bits per heavy atom. The minimum Gasteiger partial charge on any atom is -0.479 e. The monoisotopic (exact) mass is 273 g/mol. The minimum absolute atomic E-state index is 0. The van der Waals surface area contributed by atoms with Crippen LogP contribution in [0.2, 0.25) is 0 Å². The number of aliphatic hydroxyl groups excluding tert-OH is 2. The Balaban J connectivity index is -0.0000000370. The van der Waals surface area contributed by atoms with Crippen molar-refractivity contribution in [3.8, 4) is 0 Å². The van der Waals surface area contributed by atoms with Crippen LogP contribution in [-0.2, 0) is 37.6 Å². The van der Waals surface area contributed by atoms with Crippen LogP contribution in [0.3, 0.4) is 0 Å². The van der Waals surface area contributed by atoms with Crippen molar-refractivity contribution in [3.63, 3.8) is 0 Å². The van der Waals surface area contributed by atoms with Gasteiger partial charge in [-0.2, -0.15) is 0 Å². The van der Waals surface area contributed by atoms with E-state index >= 15 is 0 Å². The first-order valence-electron chi connectivity index (χ1n) is 3.10. The fourth-order valence-corrected chi connectivity index (χ4v) is 0. The molecule has 0 saturated heterocycles. The van der Waals surface area contributed by atoms with Gasteiger partial charge < -0.3 is 31.4 Å². The molecule has 95 valence electrons. The zero-order chi connectivity index (χ0) is 10.3. The Morgan fingerprint density at radius 2 is 0.933 bits per heavy atom. The Labute approximate surface area is 96.6 Å². The van der Waals surface area contributed by atoms with E-state index in [1.54, 1.807) is 0 Å². The number of rotatable bonds is 2. The Kier molecular flexibility index (Phi) is 30.7. The molecular weight excluding hydrogens is 255 g/mol. The van der Waals surface area contributed by atoms with Crippen molar-refractivity contribution < 1.29 is 58.0 Å². The van der Waals surface area contributed by atoms with Gasteiger partial charge in [-0.05, 0) is 13.8 Å². The maximum atomic E-state index is 9.45. The molecule has 2 atom stereocenters. The van der Waals surface area contributed by atoms with Gasteiger partial charge in [-0.25, -0.2) is 9.59 Å². The first-order chi connectivity index (χ1) is 5.29. The van der Waals surface area contributed by atoms with E-state index in [1.165, 1.54) is 13.8 Å². The van der Waals surface area contributed by atoms with E-state index in [0.717, 1.165) is 0 Å². The van der Waals surface area contributed by atoms with Gasteiger partial charge in [0.25, 0.3) is 0 Å². The van der Waals surface area contributed by atoms with Crippen molar-refractivity contribution in [2.45, 2.75) is 26.1 Å². The van der Waals surface area contributed by atoms with Crippen LogP contribution >= 0.6 is 0 Å². The van der Waals surface area contributed by atoms with Crippen molar-refractivity contribution in [2.24, 2.45) is 0 Å².